The zero-order valence-corrected chi connectivity index (χ0v) is 11.9. The number of hydrogen-bond acceptors (Lipinski definition) is 3. The van der Waals surface area contributed by atoms with Crippen LogP contribution in [0.5, 0.6) is 0 Å². The van der Waals surface area contributed by atoms with Crippen LogP contribution in [0.1, 0.15) is 38.7 Å². The van der Waals surface area contributed by atoms with Crippen molar-refractivity contribution >= 4 is 5.69 Å². The first-order valence-corrected chi connectivity index (χ1v) is 7.20. The maximum absolute atomic E-state index is 8.92. The van der Waals surface area contributed by atoms with Crippen molar-refractivity contribution in [2.45, 2.75) is 45.2 Å². The third kappa shape index (κ3) is 3.97. The molecule has 0 amide bonds. The van der Waals surface area contributed by atoms with Crippen LogP contribution in [0.15, 0.2) is 24.3 Å². The van der Waals surface area contributed by atoms with E-state index in [9.17, 15) is 0 Å². The molecular formula is C16H23N3. The monoisotopic (exact) mass is 257 g/mol. The summed E-state index contributed by atoms with van der Waals surface area (Å²) < 4.78 is 0. The van der Waals surface area contributed by atoms with Crippen LogP contribution in [-0.4, -0.2) is 30.1 Å². The molecule has 1 aliphatic heterocycles. The summed E-state index contributed by atoms with van der Waals surface area (Å²) in [6.07, 6.45) is 3.63. The van der Waals surface area contributed by atoms with Crippen molar-refractivity contribution in [1.29, 1.82) is 5.26 Å². The smallest absolute Gasteiger partial charge is 0.0992 e. The first kappa shape index (κ1) is 13.9. The van der Waals surface area contributed by atoms with Crippen LogP contribution in [-0.2, 0) is 0 Å². The number of nitrogens with zero attached hydrogens (tertiary/aromatic N) is 2. The first-order valence-electron chi connectivity index (χ1n) is 7.20. The van der Waals surface area contributed by atoms with Gasteiger partial charge in [0.05, 0.1) is 11.6 Å². The van der Waals surface area contributed by atoms with Gasteiger partial charge >= 0.3 is 0 Å². The van der Waals surface area contributed by atoms with E-state index in [1.54, 1.807) is 0 Å². The number of nitriles is 1. The molecule has 1 aromatic rings. The van der Waals surface area contributed by atoms with Gasteiger partial charge in [0, 0.05) is 24.3 Å². The van der Waals surface area contributed by atoms with Gasteiger partial charge in [0.25, 0.3) is 0 Å². The molecule has 102 valence electrons. The number of nitrogens with one attached hydrogen (secondary N) is 1. The Bertz CT molecular complexity index is 448. The molecule has 0 saturated carbocycles. The van der Waals surface area contributed by atoms with Crippen LogP contribution in [0.3, 0.4) is 0 Å². The SMILES string of the molecule is CC(C)N1CCCC(Nc2cccc(C#N)c2)CC1. The van der Waals surface area contributed by atoms with Gasteiger partial charge in [-0.2, -0.15) is 5.26 Å². The molecule has 19 heavy (non-hydrogen) atoms. The number of benzene rings is 1. The minimum Gasteiger partial charge on any atom is -0.382 e. The second kappa shape index (κ2) is 6.58. The highest BCUT2D eigenvalue weighted by Gasteiger charge is 2.18. The standard InChI is InChI=1S/C16H23N3/c1-13(2)19-9-4-7-15(8-10-19)18-16-6-3-5-14(11-16)12-17/h3,5-6,11,13,15,18H,4,7-10H2,1-2H3. The molecule has 0 bridgehead atoms. The van der Waals surface area contributed by atoms with E-state index in [0.717, 1.165) is 17.8 Å². The van der Waals surface area contributed by atoms with Gasteiger partial charge in [-0.3, -0.25) is 0 Å². The Morgan fingerprint density at radius 3 is 2.89 bits per heavy atom. The van der Waals surface area contributed by atoms with E-state index in [2.05, 4.69) is 30.1 Å². The highest BCUT2D eigenvalue weighted by atomic mass is 15.1. The van der Waals surface area contributed by atoms with E-state index in [1.807, 2.05) is 24.3 Å². The van der Waals surface area contributed by atoms with Gasteiger partial charge in [0.1, 0.15) is 0 Å². The molecule has 1 saturated heterocycles. The second-order valence-electron chi connectivity index (χ2n) is 5.59. The lowest BCUT2D eigenvalue weighted by Gasteiger charge is -2.24. The Hall–Kier alpha value is -1.53. The Labute approximate surface area is 116 Å². The van der Waals surface area contributed by atoms with Crippen molar-refractivity contribution in [2.24, 2.45) is 0 Å². The Morgan fingerprint density at radius 2 is 2.16 bits per heavy atom. The highest BCUT2D eigenvalue weighted by Crippen LogP contribution is 2.18. The van der Waals surface area contributed by atoms with Crippen LogP contribution in [0, 0.1) is 11.3 Å². The minimum atomic E-state index is 0.526. The summed E-state index contributed by atoms with van der Waals surface area (Å²) in [5.74, 6) is 0. The van der Waals surface area contributed by atoms with Crippen molar-refractivity contribution in [1.82, 2.24) is 4.90 Å². The fourth-order valence-corrected chi connectivity index (χ4v) is 2.69. The molecule has 0 aliphatic carbocycles. The molecule has 3 heteroatoms. The van der Waals surface area contributed by atoms with E-state index in [4.69, 9.17) is 5.26 Å². The second-order valence-corrected chi connectivity index (χ2v) is 5.59. The van der Waals surface area contributed by atoms with Crippen LogP contribution in [0.2, 0.25) is 0 Å². The fraction of sp³-hybridized carbons (Fsp3) is 0.562. The molecule has 1 atom stereocenters. The summed E-state index contributed by atoms with van der Waals surface area (Å²) in [6, 6.07) is 11.1. The van der Waals surface area contributed by atoms with Crippen molar-refractivity contribution < 1.29 is 0 Å². The molecule has 0 radical (unpaired) electrons. The average molecular weight is 257 g/mol. The lowest BCUT2D eigenvalue weighted by Crippen LogP contribution is -2.32. The van der Waals surface area contributed by atoms with Crippen molar-refractivity contribution in [3.8, 4) is 6.07 Å². The summed E-state index contributed by atoms with van der Waals surface area (Å²) in [6.45, 7) is 6.90. The molecule has 1 fully saturated rings. The van der Waals surface area contributed by atoms with E-state index < -0.39 is 0 Å². The van der Waals surface area contributed by atoms with E-state index >= 15 is 0 Å². The van der Waals surface area contributed by atoms with Gasteiger partial charge in [0.15, 0.2) is 0 Å². The normalized spacial score (nSPS) is 20.8. The quantitative estimate of drug-likeness (QED) is 0.903. The lowest BCUT2D eigenvalue weighted by molar-refractivity contribution is 0.230. The molecule has 1 unspecified atom stereocenters. The van der Waals surface area contributed by atoms with E-state index in [0.29, 0.717) is 12.1 Å². The van der Waals surface area contributed by atoms with Crippen molar-refractivity contribution in [3.05, 3.63) is 29.8 Å². The fourth-order valence-electron chi connectivity index (χ4n) is 2.69. The molecule has 1 heterocycles. The van der Waals surface area contributed by atoms with Gasteiger partial charge in [0.2, 0.25) is 0 Å². The zero-order chi connectivity index (χ0) is 13.7. The van der Waals surface area contributed by atoms with Crippen LogP contribution >= 0.6 is 0 Å². The number of anilines is 1. The summed E-state index contributed by atoms with van der Waals surface area (Å²) in [7, 11) is 0. The predicted molar refractivity (Wildman–Crippen MR) is 79.1 cm³/mol. The molecule has 3 nitrogen and oxygen atoms in total. The molecule has 0 spiro atoms. The molecular weight excluding hydrogens is 234 g/mol. The van der Waals surface area contributed by atoms with Crippen LogP contribution in [0.25, 0.3) is 0 Å². The van der Waals surface area contributed by atoms with E-state index in [-0.39, 0.29) is 0 Å². The number of hydrogen-bond donors (Lipinski definition) is 1. The zero-order valence-electron chi connectivity index (χ0n) is 11.9. The topological polar surface area (TPSA) is 39.1 Å². The maximum atomic E-state index is 8.92. The highest BCUT2D eigenvalue weighted by molar-refractivity contribution is 5.49. The summed E-state index contributed by atoms with van der Waals surface area (Å²) in [5, 5.41) is 12.5. The summed E-state index contributed by atoms with van der Waals surface area (Å²) in [4.78, 5) is 2.55. The predicted octanol–water partition coefficient (Wildman–Crippen LogP) is 3.23. The number of rotatable bonds is 3. The molecule has 1 N–H and O–H groups in total. The summed E-state index contributed by atoms with van der Waals surface area (Å²) >= 11 is 0. The van der Waals surface area contributed by atoms with Gasteiger partial charge < -0.3 is 10.2 Å². The molecule has 1 aliphatic rings. The third-order valence-corrected chi connectivity index (χ3v) is 3.86. The van der Waals surface area contributed by atoms with Crippen LogP contribution < -0.4 is 5.32 Å². The Kier molecular flexibility index (Phi) is 4.81. The lowest BCUT2D eigenvalue weighted by atomic mass is 10.1. The molecule has 1 aromatic carbocycles. The van der Waals surface area contributed by atoms with Crippen molar-refractivity contribution in [3.63, 3.8) is 0 Å². The Balaban J connectivity index is 1.94. The Morgan fingerprint density at radius 1 is 1.32 bits per heavy atom. The number of likely N-dealkylation sites (tertiary alicyclic amines) is 1. The third-order valence-electron chi connectivity index (χ3n) is 3.86. The van der Waals surface area contributed by atoms with Gasteiger partial charge in [-0.25, -0.2) is 0 Å². The van der Waals surface area contributed by atoms with E-state index in [1.165, 1.54) is 25.8 Å². The van der Waals surface area contributed by atoms with Crippen molar-refractivity contribution in [2.75, 3.05) is 18.4 Å². The molecule has 0 aromatic heterocycles. The van der Waals surface area contributed by atoms with Gasteiger partial charge in [-0.05, 0) is 57.9 Å². The molecule has 2 rings (SSSR count). The summed E-state index contributed by atoms with van der Waals surface area (Å²) in [5.41, 5.74) is 1.80. The largest absolute Gasteiger partial charge is 0.382 e. The van der Waals surface area contributed by atoms with Gasteiger partial charge in [-0.15, -0.1) is 0 Å². The first-order chi connectivity index (χ1) is 9.19. The average Bonchev–Trinajstić information content (AvgIpc) is 2.65. The van der Waals surface area contributed by atoms with Gasteiger partial charge in [-0.1, -0.05) is 6.07 Å². The van der Waals surface area contributed by atoms with Crippen LogP contribution in [0.4, 0.5) is 5.69 Å². The maximum Gasteiger partial charge on any atom is 0.0992 e. The minimum absolute atomic E-state index is 0.526.